The minimum atomic E-state index is -0.758. The van der Waals surface area contributed by atoms with Crippen molar-refractivity contribution in [2.45, 2.75) is 63.5 Å². The number of carbonyl (C=O) groups excluding carboxylic acids is 3. The highest BCUT2D eigenvalue weighted by Crippen LogP contribution is 2.33. The zero-order valence-corrected chi connectivity index (χ0v) is 14.4. The summed E-state index contributed by atoms with van der Waals surface area (Å²) in [5.74, 6) is -0.0893. The molecule has 7 nitrogen and oxygen atoms in total. The molecule has 1 saturated carbocycles. The van der Waals surface area contributed by atoms with E-state index >= 15 is 0 Å². The Hall–Kier alpha value is -1.63. The third-order valence-electron chi connectivity index (χ3n) is 5.80. The number of likely N-dealkylation sites (tertiary alicyclic amines) is 1. The van der Waals surface area contributed by atoms with Gasteiger partial charge < -0.3 is 16.0 Å². The predicted octanol–water partition coefficient (Wildman–Crippen LogP) is 0.827. The molecule has 2 heterocycles. The van der Waals surface area contributed by atoms with E-state index in [9.17, 15) is 14.4 Å². The van der Waals surface area contributed by atoms with Gasteiger partial charge in [0.05, 0.1) is 0 Å². The summed E-state index contributed by atoms with van der Waals surface area (Å²) in [6.07, 6.45) is 6.27. The smallest absolute Gasteiger partial charge is 0.325 e. The van der Waals surface area contributed by atoms with E-state index in [1.165, 1.54) is 0 Å². The lowest BCUT2D eigenvalue weighted by molar-refractivity contribution is -0.140. The molecule has 2 aliphatic heterocycles. The molecule has 0 aromatic heterocycles. The molecule has 4 amide bonds. The molecule has 3 rings (SSSR count). The molecular formula is C17H28N4O3. The molecule has 2 atom stereocenters. The van der Waals surface area contributed by atoms with Gasteiger partial charge in [-0.25, -0.2) is 4.79 Å². The van der Waals surface area contributed by atoms with Gasteiger partial charge in [0.15, 0.2) is 0 Å². The number of hydrogen-bond acceptors (Lipinski definition) is 4. The second-order valence-corrected chi connectivity index (χ2v) is 7.57. The predicted molar refractivity (Wildman–Crippen MR) is 89.0 cm³/mol. The first-order valence-electron chi connectivity index (χ1n) is 9.10. The molecule has 0 radical (unpaired) electrons. The van der Waals surface area contributed by atoms with Crippen LogP contribution in [0.1, 0.15) is 51.9 Å². The van der Waals surface area contributed by atoms with Gasteiger partial charge in [-0.3, -0.25) is 14.5 Å². The van der Waals surface area contributed by atoms with Crippen molar-refractivity contribution in [1.29, 1.82) is 0 Å². The third-order valence-corrected chi connectivity index (χ3v) is 5.80. The highest BCUT2D eigenvalue weighted by atomic mass is 16.2. The molecule has 2 saturated heterocycles. The van der Waals surface area contributed by atoms with Crippen LogP contribution < -0.4 is 11.1 Å². The van der Waals surface area contributed by atoms with E-state index in [1.807, 2.05) is 6.92 Å². The maximum atomic E-state index is 12.7. The number of urea groups is 1. The Morgan fingerprint density at radius 1 is 1.29 bits per heavy atom. The first kappa shape index (κ1) is 17.2. The van der Waals surface area contributed by atoms with Gasteiger partial charge in [-0.05, 0) is 38.5 Å². The van der Waals surface area contributed by atoms with E-state index in [0.717, 1.165) is 37.0 Å². The van der Waals surface area contributed by atoms with Crippen molar-refractivity contribution in [2.75, 3.05) is 19.6 Å². The van der Waals surface area contributed by atoms with E-state index in [2.05, 4.69) is 5.32 Å². The highest BCUT2D eigenvalue weighted by Gasteiger charge is 2.51. The van der Waals surface area contributed by atoms with Gasteiger partial charge in [0, 0.05) is 19.1 Å². The number of carbonyl (C=O) groups is 3. The summed E-state index contributed by atoms with van der Waals surface area (Å²) < 4.78 is 0. The SMILES string of the molecule is CC(N)C1CCCN(C(=O)CN2C(=O)NC3(CCCCC3)C2=O)C1. The quantitative estimate of drug-likeness (QED) is 0.746. The Balaban J connectivity index is 1.64. The zero-order valence-electron chi connectivity index (χ0n) is 14.4. The Morgan fingerprint density at radius 2 is 2.00 bits per heavy atom. The molecule has 2 unspecified atom stereocenters. The van der Waals surface area contributed by atoms with E-state index in [4.69, 9.17) is 5.73 Å². The number of nitrogens with one attached hydrogen (secondary N) is 1. The largest absolute Gasteiger partial charge is 0.341 e. The van der Waals surface area contributed by atoms with Crippen molar-refractivity contribution in [3.05, 3.63) is 0 Å². The Kier molecular flexibility index (Phi) is 4.80. The highest BCUT2D eigenvalue weighted by molar-refractivity contribution is 6.09. The van der Waals surface area contributed by atoms with Crippen LogP contribution in [-0.4, -0.2) is 58.9 Å². The van der Waals surface area contributed by atoms with Crippen molar-refractivity contribution in [2.24, 2.45) is 11.7 Å². The van der Waals surface area contributed by atoms with Gasteiger partial charge in [-0.2, -0.15) is 0 Å². The summed E-state index contributed by atoms with van der Waals surface area (Å²) in [5.41, 5.74) is 5.21. The maximum Gasteiger partial charge on any atom is 0.325 e. The average molecular weight is 336 g/mol. The molecule has 134 valence electrons. The number of hydrogen-bond donors (Lipinski definition) is 2. The lowest BCUT2D eigenvalue weighted by Crippen LogP contribution is -2.50. The third kappa shape index (κ3) is 3.14. The molecule has 7 heteroatoms. The molecule has 0 bridgehead atoms. The van der Waals surface area contributed by atoms with Crippen LogP contribution in [0.2, 0.25) is 0 Å². The second-order valence-electron chi connectivity index (χ2n) is 7.57. The van der Waals surface area contributed by atoms with Gasteiger partial charge in [-0.15, -0.1) is 0 Å². The summed E-state index contributed by atoms with van der Waals surface area (Å²) in [5, 5.41) is 2.85. The fraction of sp³-hybridized carbons (Fsp3) is 0.824. The Morgan fingerprint density at radius 3 is 2.67 bits per heavy atom. The molecule has 3 N–H and O–H groups in total. The van der Waals surface area contributed by atoms with Crippen LogP contribution >= 0.6 is 0 Å². The summed E-state index contributed by atoms with van der Waals surface area (Å²) in [6, 6.07) is -0.376. The van der Waals surface area contributed by atoms with Crippen LogP contribution in [0.25, 0.3) is 0 Å². The van der Waals surface area contributed by atoms with Crippen LogP contribution in [0.5, 0.6) is 0 Å². The second kappa shape index (κ2) is 6.70. The summed E-state index contributed by atoms with van der Waals surface area (Å²) in [7, 11) is 0. The Labute approximate surface area is 142 Å². The molecule has 0 aromatic rings. The van der Waals surface area contributed by atoms with Crippen LogP contribution in [-0.2, 0) is 9.59 Å². The molecule has 24 heavy (non-hydrogen) atoms. The molecule has 1 spiro atoms. The van der Waals surface area contributed by atoms with Crippen molar-refractivity contribution in [1.82, 2.24) is 15.1 Å². The Bertz CT molecular complexity index is 528. The monoisotopic (exact) mass is 336 g/mol. The maximum absolute atomic E-state index is 12.7. The fourth-order valence-electron chi connectivity index (χ4n) is 4.21. The minimum absolute atomic E-state index is 0.0443. The lowest BCUT2D eigenvalue weighted by Gasteiger charge is -2.35. The van der Waals surface area contributed by atoms with E-state index in [1.54, 1.807) is 4.90 Å². The fourth-order valence-corrected chi connectivity index (χ4v) is 4.21. The lowest BCUT2D eigenvalue weighted by atomic mass is 9.82. The van der Waals surface area contributed by atoms with Crippen LogP contribution in [0.4, 0.5) is 4.79 Å². The van der Waals surface area contributed by atoms with E-state index in [0.29, 0.717) is 25.9 Å². The average Bonchev–Trinajstić information content (AvgIpc) is 2.79. The van der Waals surface area contributed by atoms with Gasteiger partial charge in [-0.1, -0.05) is 19.3 Å². The summed E-state index contributed by atoms with van der Waals surface area (Å²) >= 11 is 0. The number of rotatable bonds is 3. The van der Waals surface area contributed by atoms with E-state index < -0.39 is 11.6 Å². The van der Waals surface area contributed by atoms with Gasteiger partial charge in [0.1, 0.15) is 12.1 Å². The number of nitrogens with two attached hydrogens (primary N) is 1. The van der Waals surface area contributed by atoms with Gasteiger partial charge >= 0.3 is 6.03 Å². The van der Waals surface area contributed by atoms with Gasteiger partial charge in [0.2, 0.25) is 5.91 Å². The molecule has 0 aromatic carbocycles. The zero-order chi connectivity index (χ0) is 17.3. The van der Waals surface area contributed by atoms with Crippen LogP contribution in [0.15, 0.2) is 0 Å². The molecular weight excluding hydrogens is 308 g/mol. The van der Waals surface area contributed by atoms with Crippen molar-refractivity contribution in [3.8, 4) is 0 Å². The topological polar surface area (TPSA) is 95.7 Å². The first-order valence-corrected chi connectivity index (χ1v) is 9.10. The summed E-state index contributed by atoms with van der Waals surface area (Å²) in [4.78, 5) is 40.5. The normalized spacial score (nSPS) is 28.2. The van der Waals surface area contributed by atoms with Crippen LogP contribution in [0.3, 0.4) is 0 Å². The number of imide groups is 1. The van der Waals surface area contributed by atoms with Crippen molar-refractivity contribution in [3.63, 3.8) is 0 Å². The number of nitrogens with zero attached hydrogens (tertiary/aromatic N) is 2. The molecule has 3 fully saturated rings. The van der Waals surface area contributed by atoms with Crippen LogP contribution in [0, 0.1) is 5.92 Å². The number of amides is 4. The van der Waals surface area contributed by atoms with Gasteiger partial charge in [0.25, 0.3) is 5.91 Å². The van der Waals surface area contributed by atoms with E-state index in [-0.39, 0.29) is 30.3 Å². The van der Waals surface area contributed by atoms with Crippen molar-refractivity contribution < 1.29 is 14.4 Å². The first-order chi connectivity index (χ1) is 11.4. The molecule has 1 aliphatic carbocycles. The van der Waals surface area contributed by atoms with Crippen molar-refractivity contribution >= 4 is 17.8 Å². The number of piperidine rings is 1. The minimum Gasteiger partial charge on any atom is -0.341 e. The summed E-state index contributed by atoms with van der Waals surface area (Å²) in [6.45, 7) is 3.10. The standard InChI is InChI=1S/C17H28N4O3/c1-12(18)13-6-5-9-20(10-13)14(22)11-21-15(23)17(19-16(21)24)7-3-2-4-8-17/h12-13H,2-11,18H2,1H3,(H,19,24). The molecule has 3 aliphatic rings.